The van der Waals surface area contributed by atoms with Gasteiger partial charge in [-0.25, -0.2) is 9.59 Å². The molecule has 4 aromatic carbocycles. The molecule has 54 heavy (non-hydrogen) atoms. The summed E-state index contributed by atoms with van der Waals surface area (Å²) < 4.78 is 29.0. The zero-order valence-corrected chi connectivity index (χ0v) is 32.1. The van der Waals surface area contributed by atoms with Crippen molar-refractivity contribution in [2.75, 3.05) is 13.2 Å². The van der Waals surface area contributed by atoms with Crippen molar-refractivity contribution in [1.29, 1.82) is 0 Å². The monoisotopic (exact) mass is 744 g/mol. The van der Waals surface area contributed by atoms with Gasteiger partial charge in [-0.2, -0.15) is 0 Å². The van der Waals surface area contributed by atoms with Gasteiger partial charge in [0.2, 0.25) is 11.5 Å². The summed E-state index contributed by atoms with van der Waals surface area (Å²) in [7, 11) is -2.58. The summed E-state index contributed by atoms with van der Waals surface area (Å²) in [6.45, 7) is 11.2. The lowest BCUT2D eigenvalue weighted by molar-refractivity contribution is 0.0651. The highest BCUT2D eigenvalue weighted by atomic mass is 28.4. The molecule has 0 saturated carbocycles. The van der Waals surface area contributed by atoms with Gasteiger partial charge in [-0.3, -0.25) is 0 Å². The number of benzene rings is 4. The van der Waals surface area contributed by atoms with Crippen molar-refractivity contribution in [1.82, 2.24) is 0 Å². The smallest absolute Gasteiger partial charge is 0.371 e. The maximum atomic E-state index is 11.2. The number of ether oxygens (including phenoxy) is 1. The molecule has 0 spiro atoms. The molecule has 0 aliphatic heterocycles. The first-order valence-electron chi connectivity index (χ1n) is 17.8. The number of aryl methyl sites for hydroxylation is 2. The van der Waals surface area contributed by atoms with Gasteiger partial charge in [0.25, 0.3) is 8.32 Å². The van der Waals surface area contributed by atoms with Crippen LogP contribution in [0.3, 0.4) is 0 Å². The van der Waals surface area contributed by atoms with Crippen LogP contribution in [0.5, 0.6) is 5.75 Å². The van der Waals surface area contributed by atoms with Crippen LogP contribution in [0.15, 0.2) is 129 Å². The summed E-state index contributed by atoms with van der Waals surface area (Å²) in [5.41, 5.74) is 3.35. The number of carboxylic acid groups (broad SMARTS) is 2. The van der Waals surface area contributed by atoms with E-state index in [9.17, 15) is 9.59 Å². The predicted octanol–water partition coefficient (Wildman–Crippen LogP) is 9.21. The second kappa shape index (κ2) is 16.0. The quantitative estimate of drug-likeness (QED) is 0.118. The molecule has 7 rings (SSSR count). The Morgan fingerprint density at radius 3 is 1.63 bits per heavy atom. The molecule has 9 nitrogen and oxygen atoms in total. The molecule has 0 amide bonds. The maximum absolute atomic E-state index is 11.2. The SMILES string of the molecule is Cc1oc(C(=O)O)cc1CCO[Si](c1ccccc1)(c1ccccc1)C(C)(C)C.Cc1oc(C(=O)O)cc1CCOc1ccc2c(c1)oc1ccccc12. The second-order valence-electron chi connectivity index (χ2n) is 14.1. The first kappa shape index (κ1) is 37.9. The number of aromatic carboxylic acids is 2. The fraction of sp³-hybridized carbons (Fsp3) is 0.227. The van der Waals surface area contributed by atoms with Gasteiger partial charge >= 0.3 is 11.9 Å². The van der Waals surface area contributed by atoms with E-state index in [0.717, 1.165) is 33.1 Å². The van der Waals surface area contributed by atoms with Crippen LogP contribution in [-0.4, -0.2) is 43.7 Å². The Morgan fingerprint density at radius 1 is 0.611 bits per heavy atom. The number of rotatable bonds is 12. The summed E-state index contributed by atoms with van der Waals surface area (Å²) in [6, 6.07) is 37.8. The average molecular weight is 745 g/mol. The minimum absolute atomic E-state index is 0.0250. The van der Waals surface area contributed by atoms with Crippen LogP contribution in [0.1, 0.15) is 64.5 Å². The molecule has 3 aromatic heterocycles. The number of carbonyl (C=O) groups is 2. The number of furan rings is 3. The van der Waals surface area contributed by atoms with E-state index in [1.54, 1.807) is 26.0 Å². The van der Waals surface area contributed by atoms with Crippen molar-refractivity contribution in [3.8, 4) is 5.75 Å². The van der Waals surface area contributed by atoms with Crippen molar-refractivity contribution in [3.63, 3.8) is 0 Å². The van der Waals surface area contributed by atoms with Crippen molar-refractivity contribution in [3.05, 3.63) is 149 Å². The van der Waals surface area contributed by atoms with E-state index in [2.05, 4.69) is 69.3 Å². The molecule has 10 heteroatoms. The van der Waals surface area contributed by atoms with Gasteiger partial charge in [-0.1, -0.05) is 99.6 Å². The lowest BCUT2D eigenvalue weighted by atomic mass is 10.1. The fourth-order valence-corrected chi connectivity index (χ4v) is 11.5. The Balaban J connectivity index is 0.000000186. The summed E-state index contributed by atoms with van der Waals surface area (Å²) in [4.78, 5) is 22.1. The molecule has 0 unspecified atom stereocenters. The van der Waals surface area contributed by atoms with E-state index in [1.165, 1.54) is 10.4 Å². The lowest BCUT2D eigenvalue weighted by Crippen LogP contribution is -2.66. The Labute approximate surface area is 314 Å². The van der Waals surface area contributed by atoms with E-state index >= 15 is 0 Å². The first-order chi connectivity index (χ1) is 25.9. The normalized spacial score (nSPS) is 11.7. The zero-order chi connectivity index (χ0) is 38.5. The highest BCUT2D eigenvalue weighted by Crippen LogP contribution is 2.37. The van der Waals surface area contributed by atoms with Crippen molar-refractivity contribution in [2.24, 2.45) is 0 Å². The maximum Gasteiger partial charge on any atom is 0.371 e. The van der Waals surface area contributed by atoms with E-state index in [0.29, 0.717) is 43.3 Å². The van der Waals surface area contributed by atoms with E-state index in [1.807, 2.05) is 54.6 Å². The first-order valence-corrected chi connectivity index (χ1v) is 19.7. The Bertz CT molecular complexity index is 2320. The van der Waals surface area contributed by atoms with Gasteiger partial charge in [0.05, 0.1) is 6.61 Å². The van der Waals surface area contributed by atoms with Gasteiger partial charge in [-0.15, -0.1) is 0 Å². The predicted molar refractivity (Wildman–Crippen MR) is 211 cm³/mol. The van der Waals surface area contributed by atoms with Crippen molar-refractivity contribution < 1.29 is 42.2 Å². The van der Waals surface area contributed by atoms with Crippen LogP contribution in [0, 0.1) is 13.8 Å². The average Bonchev–Trinajstić information content (AvgIpc) is 3.84. The van der Waals surface area contributed by atoms with Crippen LogP contribution in [-0.2, 0) is 17.3 Å². The second-order valence-corrected chi connectivity index (χ2v) is 18.4. The molecule has 2 N–H and O–H groups in total. The molecular formula is C44H44O9Si. The molecule has 7 aromatic rings. The molecule has 278 valence electrons. The number of hydrogen-bond donors (Lipinski definition) is 2. The third-order valence-corrected chi connectivity index (χ3v) is 14.6. The Kier molecular flexibility index (Phi) is 11.3. The van der Waals surface area contributed by atoms with Crippen molar-refractivity contribution in [2.45, 2.75) is 52.5 Å². The van der Waals surface area contributed by atoms with Crippen LogP contribution in [0.2, 0.25) is 5.04 Å². The molecule has 0 radical (unpaired) electrons. The Hall–Kier alpha value is -5.84. The highest BCUT2D eigenvalue weighted by molar-refractivity contribution is 6.99. The van der Waals surface area contributed by atoms with Crippen LogP contribution in [0.4, 0.5) is 0 Å². The number of hydrogen-bond acceptors (Lipinski definition) is 7. The van der Waals surface area contributed by atoms with Gasteiger partial charge in [0.15, 0.2) is 0 Å². The lowest BCUT2D eigenvalue weighted by Gasteiger charge is -2.43. The molecule has 0 bridgehead atoms. The molecule has 0 aliphatic carbocycles. The molecule has 0 aliphatic rings. The number of para-hydroxylation sites is 1. The third-order valence-electron chi connectivity index (χ3n) is 9.56. The molecular weight excluding hydrogens is 701 g/mol. The zero-order valence-electron chi connectivity index (χ0n) is 31.1. The van der Waals surface area contributed by atoms with Gasteiger partial charge in [0, 0.05) is 29.9 Å². The van der Waals surface area contributed by atoms with Crippen molar-refractivity contribution >= 4 is 52.6 Å². The molecule has 3 heterocycles. The summed E-state index contributed by atoms with van der Waals surface area (Å²) >= 11 is 0. The van der Waals surface area contributed by atoms with Crippen LogP contribution in [0.25, 0.3) is 21.9 Å². The Morgan fingerprint density at radius 2 is 1.11 bits per heavy atom. The molecule has 0 saturated heterocycles. The largest absolute Gasteiger partial charge is 0.493 e. The van der Waals surface area contributed by atoms with Crippen LogP contribution < -0.4 is 15.1 Å². The third kappa shape index (κ3) is 8.05. The number of fused-ring (bicyclic) bond motifs is 3. The van der Waals surface area contributed by atoms with E-state index < -0.39 is 20.3 Å². The van der Waals surface area contributed by atoms with Crippen LogP contribution >= 0.6 is 0 Å². The van der Waals surface area contributed by atoms with E-state index in [-0.39, 0.29) is 16.6 Å². The topological polar surface area (TPSA) is 132 Å². The summed E-state index contributed by atoms with van der Waals surface area (Å²) in [6.07, 6.45) is 1.17. The fourth-order valence-electron chi connectivity index (χ4n) is 6.90. The molecule has 0 atom stereocenters. The van der Waals surface area contributed by atoms with Gasteiger partial charge in [0.1, 0.15) is 28.4 Å². The summed E-state index contributed by atoms with van der Waals surface area (Å²) in [5.74, 6) is -0.231. The van der Waals surface area contributed by atoms with Gasteiger partial charge < -0.3 is 32.6 Å². The summed E-state index contributed by atoms with van der Waals surface area (Å²) in [5, 5.41) is 22.6. The van der Waals surface area contributed by atoms with Gasteiger partial charge in [-0.05, 0) is 77.1 Å². The molecule has 0 fully saturated rings. The van der Waals surface area contributed by atoms with E-state index in [4.69, 9.17) is 32.6 Å². The highest BCUT2D eigenvalue weighted by Gasteiger charge is 2.50. The standard InChI is InChI=1S/C24H28O4Si.C20H16O5/c1-18-19(17-22(28-18)23(25)26)15-16-27-29(24(2,3)4,20-11-7-5-8-12-20)21-13-9-6-10-14-21;1-12-13(10-19(24-12)20(21)22)8-9-23-14-6-7-16-15-4-2-3-5-17(15)25-18(16)11-14/h5-14,17H,15-16H2,1-4H3,(H,25,26);2-7,10-11H,8-9H2,1H3,(H,21,22). The number of carboxylic acids is 2. The minimum Gasteiger partial charge on any atom is -0.493 e. The minimum atomic E-state index is -2.58.